The van der Waals surface area contributed by atoms with E-state index in [4.69, 9.17) is 0 Å². The number of hydrogen-bond acceptors (Lipinski definition) is 4. The smallest absolute Gasteiger partial charge is 0.242 e. The van der Waals surface area contributed by atoms with Gasteiger partial charge in [0.25, 0.3) is 0 Å². The van der Waals surface area contributed by atoms with Crippen molar-refractivity contribution in [3.8, 4) is 10.4 Å². The third-order valence-corrected chi connectivity index (χ3v) is 7.16. The lowest BCUT2D eigenvalue weighted by Gasteiger charge is -2.17. The zero-order valence-corrected chi connectivity index (χ0v) is 17.5. The van der Waals surface area contributed by atoms with E-state index in [1.165, 1.54) is 23.5 Å². The van der Waals surface area contributed by atoms with Gasteiger partial charge >= 0.3 is 0 Å². The van der Waals surface area contributed by atoms with Gasteiger partial charge in [0.2, 0.25) is 15.9 Å². The summed E-state index contributed by atoms with van der Waals surface area (Å²) in [7, 11) is -2.27. The molecule has 0 fully saturated rings. The second kappa shape index (κ2) is 9.30. The second-order valence-corrected chi connectivity index (χ2v) is 9.45. The summed E-state index contributed by atoms with van der Waals surface area (Å²) in [5.41, 5.74) is 1.68. The van der Waals surface area contributed by atoms with E-state index >= 15 is 0 Å². The number of benzene rings is 2. The molecule has 3 rings (SSSR count). The Labute approximate surface area is 173 Å². The van der Waals surface area contributed by atoms with Gasteiger partial charge in [-0.2, -0.15) is 0 Å². The predicted octanol–water partition coefficient (Wildman–Crippen LogP) is 4.59. The van der Waals surface area contributed by atoms with E-state index in [2.05, 4.69) is 5.32 Å². The molecule has 2 aromatic carbocycles. The Morgan fingerprint density at radius 2 is 1.79 bits per heavy atom. The number of thiophene rings is 1. The SMILES string of the molecule is CN(CCCC(=O)Nc1ccccc1-c1cccs1)S(=O)(=O)c1ccc(F)cc1. The van der Waals surface area contributed by atoms with E-state index in [0.717, 1.165) is 28.3 Å². The lowest BCUT2D eigenvalue weighted by Crippen LogP contribution is -2.28. The average molecular weight is 433 g/mol. The molecule has 0 radical (unpaired) electrons. The van der Waals surface area contributed by atoms with Crippen molar-refractivity contribution >= 4 is 33.0 Å². The summed E-state index contributed by atoms with van der Waals surface area (Å²) < 4.78 is 39.2. The summed E-state index contributed by atoms with van der Waals surface area (Å²) >= 11 is 1.59. The minimum atomic E-state index is -3.71. The van der Waals surface area contributed by atoms with Gasteiger partial charge in [0.05, 0.1) is 4.90 Å². The van der Waals surface area contributed by atoms with Crippen molar-refractivity contribution in [2.24, 2.45) is 0 Å². The topological polar surface area (TPSA) is 66.5 Å². The van der Waals surface area contributed by atoms with Gasteiger partial charge in [-0.25, -0.2) is 17.1 Å². The summed E-state index contributed by atoms with van der Waals surface area (Å²) in [4.78, 5) is 13.4. The van der Waals surface area contributed by atoms with Crippen molar-refractivity contribution in [3.63, 3.8) is 0 Å². The summed E-state index contributed by atoms with van der Waals surface area (Å²) in [6.07, 6.45) is 0.548. The van der Waals surface area contributed by atoms with Crippen LogP contribution in [-0.4, -0.2) is 32.2 Å². The minimum Gasteiger partial charge on any atom is -0.325 e. The van der Waals surface area contributed by atoms with Crippen LogP contribution in [0.2, 0.25) is 0 Å². The van der Waals surface area contributed by atoms with Crippen molar-refractivity contribution < 1.29 is 17.6 Å². The van der Waals surface area contributed by atoms with Crippen LogP contribution in [0.5, 0.6) is 0 Å². The molecule has 0 bridgehead atoms. The number of para-hydroxylation sites is 1. The van der Waals surface area contributed by atoms with Crippen LogP contribution in [0.25, 0.3) is 10.4 Å². The van der Waals surface area contributed by atoms with Crippen LogP contribution >= 0.6 is 11.3 Å². The third-order valence-electron chi connectivity index (χ3n) is 4.39. The van der Waals surface area contributed by atoms with Crippen LogP contribution < -0.4 is 5.32 Å². The van der Waals surface area contributed by atoms with Crippen LogP contribution in [-0.2, 0) is 14.8 Å². The molecular weight excluding hydrogens is 411 g/mol. The van der Waals surface area contributed by atoms with Gasteiger partial charge in [-0.15, -0.1) is 11.3 Å². The first-order chi connectivity index (χ1) is 13.9. The summed E-state index contributed by atoms with van der Waals surface area (Å²) in [6.45, 7) is 0.180. The molecular formula is C21H21FN2O3S2. The number of sulfonamides is 1. The van der Waals surface area contributed by atoms with Crippen LogP contribution in [0.1, 0.15) is 12.8 Å². The van der Waals surface area contributed by atoms with Gasteiger partial charge in [-0.3, -0.25) is 4.79 Å². The molecule has 0 saturated carbocycles. The highest BCUT2D eigenvalue weighted by atomic mass is 32.2. The van der Waals surface area contributed by atoms with Gasteiger partial charge in [-0.05, 0) is 48.2 Å². The number of halogens is 1. The van der Waals surface area contributed by atoms with Gasteiger partial charge in [0.1, 0.15) is 5.82 Å². The van der Waals surface area contributed by atoms with E-state index in [-0.39, 0.29) is 23.8 Å². The molecule has 0 atom stereocenters. The first-order valence-corrected chi connectivity index (χ1v) is 11.3. The maximum Gasteiger partial charge on any atom is 0.242 e. The van der Waals surface area contributed by atoms with Crippen LogP contribution in [0.3, 0.4) is 0 Å². The summed E-state index contributed by atoms with van der Waals surface area (Å²) in [5, 5.41) is 4.88. The molecule has 0 aliphatic heterocycles. The monoisotopic (exact) mass is 432 g/mol. The molecule has 0 spiro atoms. The molecule has 152 valence electrons. The maximum absolute atomic E-state index is 13.0. The Kier molecular flexibility index (Phi) is 6.79. The molecule has 0 unspecified atom stereocenters. The fourth-order valence-electron chi connectivity index (χ4n) is 2.82. The number of rotatable bonds is 8. The first kappa shape index (κ1) is 21.2. The van der Waals surface area contributed by atoms with Crippen molar-refractivity contribution in [3.05, 3.63) is 71.9 Å². The number of nitrogens with zero attached hydrogens (tertiary/aromatic N) is 1. The van der Waals surface area contributed by atoms with Gasteiger partial charge in [-0.1, -0.05) is 24.3 Å². The van der Waals surface area contributed by atoms with Gasteiger partial charge < -0.3 is 5.32 Å². The van der Waals surface area contributed by atoms with Crippen molar-refractivity contribution in [2.75, 3.05) is 18.9 Å². The standard InChI is InChI=1S/C21H21FN2O3S2/c1-24(29(26,27)17-12-10-16(22)11-13-17)14-4-9-21(25)23-19-7-3-2-6-18(19)20-8-5-15-28-20/h2-3,5-8,10-13,15H,4,9,14H2,1H3,(H,23,25). The average Bonchev–Trinajstić information content (AvgIpc) is 3.23. The molecule has 5 nitrogen and oxygen atoms in total. The number of anilines is 1. The zero-order valence-electron chi connectivity index (χ0n) is 15.8. The Hall–Kier alpha value is -2.55. The Morgan fingerprint density at radius 1 is 1.07 bits per heavy atom. The van der Waals surface area contributed by atoms with E-state index in [1.54, 1.807) is 11.3 Å². The van der Waals surface area contributed by atoms with Crippen LogP contribution in [0.4, 0.5) is 10.1 Å². The normalized spacial score (nSPS) is 11.6. The fraction of sp³-hybridized carbons (Fsp3) is 0.190. The predicted molar refractivity (Wildman–Crippen MR) is 114 cm³/mol. The van der Waals surface area contributed by atoms with E-state index in [1.807, 2.05) is 41.8 Å². The van der Waals surface area contributed by atoms with Crippen molar-refractivity contribution in [2.45, 2.75) is 17.7 Å². The number of carbonyl (C=O) groups excluding carboxylic acids is 1. The number of amides is 1. The van der Waals surface area contributed by atoms with Crippen LogP contribution in [0.15, 0.2) is 70.9 Å². The van der Waals surface area contributed by atoms with Crippen molar-refractivity contribution in [1.29, 1.82) is 0 Å². The van der Waals surface area contributed by atoms with E-state index < -0.39 is 15.8 Å². The lowest BCUT2D eigenvalue weighted by molar-refractivity contribution is -0.116. The van der Waals surface area contributed by atoms with Crippen LogP contribution in [0, 0.1) is 5.82 Å². The lowest BCUT2D eigenvalue weighted by atomic mass is 10.1. The van der Waals surface area contributed by atoms with Gasteiger partial charge in [0, 0.05) is 36.1 Å². The molecule has 1 N–H and O–H groups in total. The number of hydrogen-bond donors (Lipinski definition) is 1. The largest absolute Gasteiger partial charge is 0.325 e. The molecule has 0 aliphatic rings. The van der Waals surface area contributed by atoms with Gasteiger partial charge in [0.15, 0.2) is 0 Å². The zero-order chi connectivity index (χ0) is 20.9. The van der Waals surface area contributed by atoms with E-state index in [9.17, 15) is 17.6 Å². The number of nitrogens with one attached hydrogen (secondary N) is 1. The molecule has 1 aromatic heterocycles. The Morgan fingerprint density at radius 3 is 2.48 bits per heavy atom. The summed E-state index contributed by atoms with van der Waals surface area (Å²) in [5.74, 6) is -0.673. The summed E-state index contributed by atoms with van der Waals surface area (Å²) in [6, 6.07) is 16.2. The van der Waals surface area contributed by atoms with E-state index in [0.29, 0.717) is 6.42 Å². The first-order valence-electron chi connectivity index (χ1n) is 9.02. The second-order valence-electron chi connectivity index (χ2n) is 6.46. The quantitative estimate of drug-likeness (QED) is 0.566. The Bertz CT molecular complexity index is 1070. The highest BCUT2D eigenvalue weighted by Crippen LogP contribution is 2.31. The third kappa shape index (κ3) is 5.29. The number of carbonyl (C=O) groups is 1. The maximum atomic E-state index is 13.0. The molecule has 0 aliphatic carbocycles. The molecule has 29 heavy (non-hydrogen) atoms. The molecule has 1 amide bonds. The molecule has 8 heteroatoms. The molecule has 1 heterocycles. The molecule has 0 saturated heterocycles. The fourth-order valence-corrected chi connectivity index (χ4v) is 4.80. The molecule has 3 aromatic rings. The highest BCUT2D eigenvalue weighted by Gasteiger charge is 2.20. The highest BCUT2D eigenvalue weighted by molar-refractivity contribution is 7.89. The van der Waals surface area contributed by atoms with Crippen molar-refractivity contribution in [1.82, 2.24) is 4.31 Å². The minimum absolute atomic E-state index is 0.0238. The Balaban J connectivity index is 1.56.